The minimum Gasteiger partial charge on any atom is -0.385 e. The molecule has 13 heteroatoms. The molecule has 4 aromatic carbocycles. The number of hydrogen-bond acceptors (Lipinski definition) is 8. The van der Waals surface area contributed by atoms with Crippen LogP contribution < -0.4 is 21.3 Å². The van der Waals surface area contributed by atoms with Gasteiger partial charge in [0.15, 0.2) is 0 Å². The molecule has 262 valence electrons. The first-order valence-electron chi connectivity index (χ1n) is 17.2. The number of nitrogens with zero attached hydrogens (tertiary/aromatic N) is 7. The molecule has 3 amide bonds. The summed E-state index contributed by atoms with van der Waals surface area (Å²) in [5.74, 6) is -0.281. The van der Waals surface area contributed by atoms with Crippen LogP contribution in [0.4, 0.5) is 27.5 Å². The van der Waals surface area contributed by atoms with Crippen LogP contribution in [-0.4, -0.2) is 73.0 Å². The molecule has 1 saturated heterocycles. The summed E-state index contributed by atoms with van der Waals surface area (Å²) in [4.78, 5) is 27.1. The van der Waals surface area contributed by atoms with Crippen molar-refractivity contribution in [1.29, 1.82) is 0 Å². The average Bonchev–Trinajstić information content (AvgIpc) is 3.98. The molecule has 0 aliphatic carbocycles. The van der Waals surface area contributed by atoms with E-state index in [9.17, 15) is 9.59 Å². The van der Waals surface area contributed by atoms with Gasteiger partial charge in [0.05, 0.1) is 23.8 Å². The van der Waals surface area contributed by atoms with Gasteiger partial charge in [-0.05, 0) is 118 Å². The quantitative estimate of drug-likeness (QED) is 0.0759. The van der Waals surface area contributed by atoms with Gasteiger partial charge in [0.2, 0.25) is 5.91 Å². The number of amides is 3. The number of benzene rings is 4. The summed E-state index contributed by atoms with van der Waals surface area (Å²) < 4.78 is 3.38. The topological polar surface area (TPSA) is 147 Å². The van der Waals surface area contributed by atoms with Gasteiger partial charge in [0, 0.05) is 40.4 Å². The maximum absolute atomic E-state index is 13.0. The van der Waals surface area contributed by atoms with E-state index in [1.807, 2.05) is 72.9 Å². The van der Waals surface area contributed by atoms with Gasteiger partial charge in [0.25, 0.3) is 0 Å². The van der Waals surface area contributed by atoms with Gasteiger partial charge in [-0.2, -0.15) is 0 Å². The van der Waals surface area contributed by atoms with Gasteiger partial charge >= 0.3 is 6.03 Å². The minimum absolute atomic E-state index is 0.281. The highest BCUT2D eigenvalue weighted by molar-refractivity contribution is 6.00. The highest BCUT2D eigenvalue weighted by atomic mass is 16.2. The van der Waals surface area contributed by atoms with Crippen LogP contribution in [0.2, 0.25) is 0 Å². The third-order valence-corrected chi connectivity index (χ3v) is 8.71. The SMILES string of the molecule is C=CC(=O)Nc1ccc(-n2cc(-c3cccc(NC(=O)Nc4cccc(-c5cn(-c6ccc(NCCCN7CCCC7)cc6)nn5)c4)c3)nn2)cc1. The number of likely N-dealkylation sites (tertiary alicyclic amines) is 1. The van der Waals surface area contributed by atoms with Gasteiger partial charge in [-0.3, -0.25) is 4.79 Å². The van der Waals surface area contributed by atoms with Crippen molar-refractivity contribution in [3.63, 3.8) is 0 Å². The van der Waals surface area contributed by atoms with Crippen molar-refractivity contribution in [3.05, 3.63) is 122 Å². The molecule has 0 radical (unpaired) electrons. The van der Waals surface area contributed by atoms with Gasteiger partial charge in [-0.25, -0.2) is 14.2 Å². The number of carbonyl (C=O) groups is 2. The number of urea groups is 1. The first kappa shape index (κ1) is 33.9. The molecular weight excluding hydrogens is 655 g/mol. The van der Waals surface area contributed by atoms with Crippen LogP contribution in [0.3, 0.4) is 0 Å². The van der Waals surface area contributed by atoms with Crippen LogP contribution >= 0.6 is 0 Å². The van der Waals surface area contributed by atoms with Crippen molar-refractivity contribution in [2.45, 2.75) is 19.3 Å². The molecule has 0 unspecified atom stereocenters. The Morgan fingerprint density at radius 1 is 0.673 bits per heavy atom. The monoisotopic (exact) mass is 693 g/mol. The molecule has 0 spiro atoms. The van der Waals surface area contributed by atoms with E-state index in [1.54, 1.807) is 33.8 Å². The number of anilines is 4. The van der Waals surface area contributed by atoms with Gasteiger partial charge in [-0.1, -0.05) is 41.3 Å². The summed E-state index contributed by atoms with van der Waals surface area (Å²) >= 11 is 0. The molecule has 4 N–H and O–H groups in total. The summed E-state index contributed by atoms with van der Waals surface area (Å²) in [5.41, 5.74) is 7.53. The predicted octanol–water partition coefficient (Wildman–Crippen LogP) is 6.85. The van der Waals surface area contributed by atoms with Crippen LogP contribution in [0.15, 0.2) is 122 Å². The normalized spacial score (nSPS) is 12.7. The second-order valence-corrected chi connectivity index (χ2v) is 12.5. The smallest absolute Gasteiger partial charge is 0.323 e. The summed E-state index contributed by atoms with van der Waals surface area (Å²) in [6.07, 6.45) is 8.66. The van der Waals surface area contributed by atoms with Crippen molar-refractivity contribution in [3.8, 4) is 33.9 Å². The lowest BCUT2D eigenvalue weighted by molar-refractivity contribution is -0.111. The number of hydrogen-bond donors (Lipinski definition) is 4. The Morgan fingerprint density at radius 3 is 1.75 bits per heavy atom. The van der Waals surface area contributed by atoms with E-state index in [0.717, 1.165) is 47.7 Å². The molecule has 0 atom stereocenters. The largest absolute Gasteiger partial charge is 0.385 e. The highest BCUT2D eigenvalue weighted by Gasteiger charge is 2.12. The molecule has 13 nitrogen and oxygen atoms in total. The average molecular weight is 694 g/mol. The van der Waals surface area contributed by atoms with E-state index in [2.05, 4.69) is 65.5 Å². The van der Waals surface area contributed by atoms with Crippen LogP contribution in [0.5, 0.6) is 0 Å². The maximum Gasteiger partial charge on any atom is 0.323 e. The lowest BCUT2D eigenvalue weighted by Gasteiger charge is -2.14. The molecule has 1 aliphatic heterocycles. The van der Waals surface area contributed by atoms with E-state index in [0.29, 0.717) is 28.5 Å². The van der Waals surface area contributed by atoms with Gasteiger partial charge < -0.3 is 26.2 Å². The number of aromatic nitrogens is 6. The first-order valence-corrected chi connectivity index (χ1v) is 17.2. The van der Waals surface area contributed by atoms with Crippen molar-refractivity contribution in [2.75, 3.05) is 47.4 Å². The fourth-order valence-electron chi connectivity index (χ4n) is 6.01. The standard InChI is InChI=1S/C39H39N11O2/c1-2-38(51)41-31-14-18-35(19-15-31)50-27-37(45-47-50)29-9-6-11-33(25-29)43-39(52)42-32-10-5-8-28(24-32)36-26-49(46-44-36)34-16-12-30(13-17-34)40-20-7-23-48-21-3-4-22-48/h2,5-6,8-19,24-27,40H,1,3-4,7,20-23H2,(H,41,51)(H2,42,43,52). The molecule has 1 aliphatic rings. The zero-order valence-corrected chi connectivity index (χ0v) is 28.6. The number of nitrogens with one attached hydrogen (secondary N) is 4. The maximum atomic E-state index is 13.0. The van der Waals surface area contributed by atoms with Crippen molar-refractivity contribution in [2.24, 2.45) is 0 Å². The molecule has 0 bridgehead atoms. The highest BCUT2D eigenvalue weighted by Crippen LogP contribution is 2.24. The van der Waals surface area contributed by atoms with E-state index in [-0.39, 0.29) is 5.91 Å². The third kappa shape index (κ3) is 8.57. The van der Waals surface area contributed by atoms with Gasteiger partial charge in [-0.15, -0.1) is 10.2 Å². The molecule has 2 aromatic heterocycles. The lowest BCUT2D eigenvalue weighted by Crippen LogP contribution is -2.22. The number of rotatable bonds is 13. The second-order valence-electron chi connectivity index (χ2n) is 12.5. The summed E-state index contributed by atoms with van der Waals surface area (Å²) in [5, 5.41) is 29.3. The Labute approximate surface area is 301 Å². The zero-order valence-electron chi connectivity index (χ0n) is 28.6. The zero-order chi connectivity index (χ0) is 35.7. The summed E-state index contributed by atoms with van der Waals surface area (Å²) in [6.45, 7) is 8.02. The molecule has 7 rings (SSSR count). The van der Waals surface area contributed by atoms with Crippen molar-refractivity contribution in [1.82, 2.24) is 34.9 Å². The van der Waals surface area contributed by atoms with Crippen LogP contribution in [0.1, 0.15) is 19.3 Å². The van der Waals surface area contributed by atoms with E-state index in [1.165, 1.54) is 32.0 Å². The molecule has 1 fully saturated rings. The molecule has 0 saturated carbocycles. The van der Waals surface area contributed by atoms with Crippen LogP contribution in [-0.2, 0) is 4.79 Å². The Balaban J connectivity index is 0.932. The Morgan fingerprint density at radius 2 is 1.21 bits per heavy atom. The molecular formula is C39H39N11O2. The fraction of sp³-hybridized carbons (Fsp3) is 0.179. The third-order valence-electron chi connectivity index (χ3n) is 8.71. The fourth-order valence-corrected chi connectivity index (χ4v) is 6.01. The molecule has 6 aromatic rings. The van der Waals surface area contributed by atoms with Crippen molar-refractivity contribution < 1.29 is 9.59 Å². The summed E-state index contributed by atoms with van der Waals surface area (Å²) in [7, 11) is 0. The molecule has 3 heterocycles. The van der Waals surface area contributed by atoms with E-state index < -0.39 is 6.03 Å². The van der Waals surface area contributed by atoms with E-state index >= 15 is 0 Å². The minimum atomic E-state index is -0.394. The second kappa shape index (κ2) is 16.0. The van der Waals surface area contributed by atoms with Crippen LogP contribution in [0.25, 0.3) is 33.9 Å². The Kier molecular flexibility index (Phi) is 10.4. The van der Waals surface area contributed by atoms with E-state index in [4.69, 9.17) is 0 Å². The molecule has 52 heavy (non-hydrogen) atoms. The number of carbonyl (C=O) groups excluding carboxylic acids is 2. The Bertz CT molecular complexity index is 2150. The van der Waals surface area contributed by atoms with Gasteiger partial charge in [0.1, 0.15) is 11.4 Å². The predicted molar refractivity (Wildman–Crippen MR) is 204 cm³/mol. The van der Waals surface area contributed by atoms with Crippen LogP contribution in [0, 0.1) is 0 Å². The Hall–Kier alpha value is -6.60. The first-order chi connectivity index (χ1) is 25.5. The lowest BCUT2D eigenvalue weighted by atomic mass is 10.1. The summed E-state index contributed by atoms with van der Waals surface area (Å²) in [6, 6.07) is 29.8. The van der Waals surface area contributed by atoms with Crippen molar-refractivity contribution >= 4 is 34.7 Å².